The minimum Gasteiger partial charge on any atom is -0.394 e. The van der Waals surface area contributed by atoms with Crippen LogP contribution in [-0.2, 0) is 0 Å². The van der Waals surface area contributed by atoms with Crippen molar-refractivity contribution in [1.82, 2.24) is 9.97 Å². The number of aliphatic hydroxyl groups is 1. The zero-order valence-corrected chi connectivity index (χ0v) is 8.32. The third kappa shape index (κ3) is 2.85. The van der Waals surface area contributed by atoms with E-state index in [9.17, 15) is 4.79 Å². The van der Waals surface area contributed by atoms with Crippen molar-refractivity contribution in [1.29, 1.82) is 0 Å². The lowest BCUT2D eigenvalue weighted by molar-refractivity contribution is 0.249. The van der Waals surface area contributed by atoms with Gasteiger partial charge in [-0.15, -0.1) is 0 Å². The second kappa shape index (κ2) is 4.76. The van der Waals surface area contributed by atoms with Crippen LogP contribution in [0.2, 0.25) is 0 Å². The van der Waals surface area contributed by atoms with E-state index in [-0.39, 0.29) is 24.1 Å². The van der Waals surface area contributed by atoms with Crippen LogP contribution in [0.4, 0.5) is 5.82 Å². The SMILES string of the molecule is CC(C)C(CO)Nc1cc(=O)[nH]cn1. The molecule has 0 bridgehead atoms. The van der Waals surface area contributed by atoms with E-state index in [4.69, 9.17) is 5.11 Å². The molecule has 1 heterocycles. The van der Waals surface area contributed by atoms with E-state index in [0.29, 0.717) is 5.82 Å². The van der Waals surface area contributed by atoms with E-state index in [1.807, 2.05) is 13.8 Å². The highest BCUT2D eigenvalue weighted by Crippen LogP contribution is 2.07. The number of aromatic nitrogens is 2. The maximum atomic E-state index is 10.9. The first kappa shape index (κ1) is 10.7. The number of anilines is 1. The van der Waals surface area contributed by atoms with Crippen LogP contribution >= 0.6 is 0 Å². The lowest BCUT2D eigenvalue weighted by Crippen LogP contribution is -2.30. The van der Waals surface area contributed by atoms with Crippen molar-refractivity contribution in [3.05, 3.63) is 22.7 Å². The average molecular weight is 197 g/mol. The Morgan fingerprint density at radius 1 is 1.64 bits per heavy atom. The molecule has 0 aliphatic heterocycles. The van der Waals surface area contributed by atoms with Gasteiger partial charge in [-0.05, 0) is 5.92 Å². The van der Waals surface area contributed by atoms with Crippen molar-refractivity contribution in [2.45, 2.75) is 19.9 Å². The number of hydrogen-bond acceptors (Lipinski definition) is 4. The molecule has 0 spiro atoms. The Morgan fingerprint density at radius 3 is 2.86 bits per heavy atom. The summed E-state index contributed by atoms with van der Waals surface area (Å²) in [4.78, 5) is 17.3. The third-order valence-corrected chi connectivity index (χ3v) is 2.01. The predicted molar refractivity (Wildman–Crippen MR) is 54.2 cm³/mol. The fourth-order valence-electron chi connectivity index (χ4n) is 1.06. The number of hydrogen-bond donors (Lipinski definition) is 3. The number of H-pyrrole nitrogens is 1. The summed E-state index contributed by atoms with van der Waals surface area (Å²) in [5, 5.41) is 12.0. The van der Waals surface area contributed by atoms with E-state index in [1.54, 1.807) is 0 Å². The predicted octanol–water partition coefficient (Wildman–Crippen LogP) is 0.199. The van der Waals surface area contributed by atoms with Gasteiger partial charge in [0.05, 0.1) is 19.0 Å². The largest absolute Gasteiger partial charge is 0.394 e. The van der Waals surface area contributed by atoms with Gasteiger partial charge in [0.15, 0.2) is 0 Å². The van der Waals surface area contributed by atoms with Crippen LogP contribution in [0, 0.1) is 5.92 Å². The highest BCUT2D eigenvalue weighted by molar-refractivity contribution is 5.33. The fourth-order valence-corrected chi connectivity index (χ4v) is 1.06. The topological polar surface area (TPSA) is 78.0 Å². The van der Waals surface area contributed by atoms with Crippen LogP contribution in [0.5, 0.6) is 0 Å². The van der Waals surface area contributed by atoms with Crippen LogP contribution in [0.1, 0.15) is 13.8 Å². The van der Waals surface area contributed by atoms with E-state index in [0.717, 1.165) is 0 Å². The number of rotatable bonds is 4. The molecule has 0 aliphatic rings. The molecule has 5 heteroatoms. The highest BCUT2D eigenvalue weighted by atomic mass is 16.3. The molecule has 1 atom stereocenters. The first-order chi connectivity index (χ1) is 6.63. The van der Waals surface area contributed by atoms with Crippen LogP contribution < -0.4 is 10.9 Å². The maximum absolute atomic E-state index is 10.9. The Balaban J connectivity index is 2.72. The Bertz CT molecular complexity index is 335. The molecule has 1 aromatic rings. The number of aromatic amines is 1. The van der Waals surface area contributed by atoms with E-state index in [2.05, 4.69) is 15.3 Å². The molecule has 1 rings (SSSR count). The lowest BCUT2D eigenvalue weighted by atomic mass is 10.1. The summed E-state index contributed by atoms with van der Waals surface area (Å²) >= 11 is 0. The van der Waals surface area contributed by atoms with Crippen molar-refractivity contribution in [2.75, 3.05) is 11.9 Å². The minimum absolute atomic E-state index is 0.0200. The van der Waals surface area contributed by atoms with Crippen molar-refractivity contribution >= 4 is 5.82 Å². The first-order valence-corrected chi connectivity index (χ1v) is 4.55. The summed E-state index contributed by atoms with van der Waals surface area (Å²) in [5.74, 6) is 0.766. The standard InChI is InChI=1S/C9H15N3O2/c1-6(2)7(4-13)12-8-3-9(14)11-5-10-8/h3,5-7,13H,4H2,1-2H3,(H2,10,11,12,14). The smallest absolute Gasteiger partial charge is 0.252 e. The van der Waals surface area contributed by atoms with Crippen LogP contribution in [0.25, 0.3) is 0 Å². The van der Waals surface area contributed by atoms with Crippen molar-refractivity contribution in [2.24, 2.45) is 5.92 Å². The molecule has 14 heavy (non-hydrogen) atoms. The Hall–Kier alpha value is -1.36. The quantitative estimate of drug-likeness (QED) is 0.644. The lowest BCUT2D eigenvalue weighted by Gasteiger charge is -2.19. The summed E-state index contributed by atoms with van der Waals surface area (Å²) < 4.78 is 0. The highest BCUT2D eigenvalue weighted by Gasteiger charge is 2.11. The van der Waals surface area contributed by atoms with Crippen molar-refractivity contribution < 1.29 is 5.11 Å². The molecule has 0 aromatic carbocycles. The Morgan fingerprint density at radius 2 is 2.36 bits per heavy atom. The molecule has 0 saturated heterocycles. The molecule has 1 aromatic heterocycles. The summed E-state index contributed by atoms with van der Waals surface area (Å²) in [6, 6.07) is 1.29. The molecular formula is C9H15N3O2. The summed E-state index contributed by atoms with van der Waals surface area (Å²) in [6.45, 7) is 3.99. The average Bonchev–Trinajstić information content (AvgIpc) is 2.14. The molecule has 1 unspecified atom stereocenters. The van der Waals surface area contributed by atoms with Crippen molar-refractivity contribution in [3.8, 4) is 0 Å². The zero-order chi connectivity index (χ0) is 10.6. The van der Waals surface area contributed by atoms with Gasteiger partial charge in [0.2, 0.25) is 0 Å². The van der Waals surface area contributed by atoms with Crippen LogP contribution in [-0.4, -0.2) is 27.7 Å². The number of aliphatic hydroxyl groups excluding tert-OH is 1. The molecule has 78 valence electrons. The summed E-state index contributed by atoms with van der Waals surface area (Å²) in [6.07, 6.45) is 1.33. The van der Waals surface area contributed by atoms with Gasteiger partial charge in [-0.3, -0.25) is 4.79 Å². The molecule has 0 saturated carbocycles. The van der Waals surface area contributed by atoms with E-state index < -0.39 is 0 Å². The molecule has 0 aliphatic carbocycles. The summed E-state index contributed by atoms with van der Waals surface area (Å²) in [5.41, 5.74) is -0.206. The fraction of sp³-hybridized carbons (Fsp3) is 0.556. The maximum Gasteiger partial charge on any atom is 0.252 e. The molecule has 0 amide bonds. The van der Waals surface area contributed by atoms with E-state index in [1.165, 1.54) is 12.4 Å². The third-order valence-electron chi connectivity index (χ3n) is 2.01. The van der Waals surface area contributed by atoms with Crippen LogP contribution in [0.15, 0.2) is 17.2 Å². The zero-order valence-electron chi connectivity index (χ0n) is 8.32. The Kier molecular flexibility index (Phi) is 3.64. The van der Waals surface area contributed by atoms with Gasteiger partial charge in [0, 0.05) is 6.07 Å². The normalized spacial score (nSPS) is 12.9. The van der Waals surface area contributed by atoms with Gasteiger partial charge < -0.3 is 15.4 Å². The van der Waals surface area contributed by atoms with Gasteiger partial charge in [0.25, 0.3) is 5.56 Å². The second-order valence-electron chi connectivity index (χ2n) is 3.47. The molecular weight excluding hydrogens is 182 g/mol. The van der Waals surface area contributed by atoms with Gasteiger partial charge in [-0.25, -0.2) is 4.98 Å². The van der Waals surface area contributed by atoms with Crippen molar-refractivity contribution in [3.63, 3.8) is 0 Å². The molecule has 5 nitrogen and oxygen atoms in total. The van der Waals surface area contributed by atoms with Gasteiger partial charge in [-0.1, -0.05) is 13.8 Å². The molecule has 3 N–H and O–H groups in total. The summed E-state index contributed by atoms with van der Waals surface area (Å²) in [7, 11) is 0. The molecule has 0 fully saturated rings. The van der Waals surface area contributed by atoms with Gasteiger partial charge in [0.1, 0.15) is 5.82 Å². The van der Waals surface area contributed by atoms with Gasteiger partial charge in [-0.2, -0.15) is 0 Å². The monoisotopic (exact) mass is 197 g/mol. The first-order valence-electron chi connectivity index (χ1n) is 4.55. The van der Waals surface area contributed by atoms with Crippen LogP contribution in [0.3, 0.4) is 0 Å². The molecule has 0 radical (unpaired) electrons. The van der Waals surface area contributed by atoms with E-state index >= 15 is 0 Å². The number of nitrogens with zero attached hydrogens (tertiary/aromatic N) is 1. The Labute approximate surface area is 82.2 Å². The second-order valence-corrected chi connectivity index (χ2v) is 3.47. The van der Waals surface area contributed by atoms with Gasteiger partial charge >= 0.3 is 0 Å². The minimum atomic E-state index is -0.206. The number of nitrogens with one attached hydrogen (secondary N) is 2.